The van der Waals surface area contributed by atoms with E-state index in [9.17, 15) is 0 Å². The molecule has 0 saturated heterocycles. The number of halogens is 1. The smallest absolute Gasteiger partial charge is 0.220 e. The molecule has 2 aromatic carbocycles. The first-order chi connectivity index (χ1) is 10.5. The Morgan fingerprint density at radius 3 is 2.50 bits per heavy atom. The van der Waals surface area contributed by atoms with E-state index < -0.39 is 0 Å². The average Bonchev–Trinajstić information content (AvgIpc) is 2.46. The lowest BCUT2D eigenvalue weighted by molar-refractivity contribution is 0.635. The van der Waals surface area contributed by atoms with Crippen LogP contribution >= 0.6 is 11.6 Å². The average molecular weight is 312 g/mol. The highest BCUT2D eigenvalue weighted by Crippen LogP contribution is 2.32. The SMILES string of the molecule is CC(C)Cc1cc(-c2ccc(Cl)c3ccccc23)nc(N)n1. The molecule has 1 aromatic heterocycles. The molecule has 3 rings (SSSR count). The Hall–Kier alpha value is -2.13. The van der Waals surface area contributed by atoms with E-state index >= 15 is 0 Å². The van der Waals surface area contributed by atoms with Crippen LogP contribution in [0, 0.1) is 5.92 Å². The molecule has 3 nitrogen and oxygen atoms in total. The lowest BCUT2D eigenvalue weighted by atomic mass is 10.0. The van der Waals surface area contributed by atoms with Crippen molar-refractivity contribution in [2.24, 2.45) is 5.92 Å². The van der Waals surface area contributed by atoms with Gasteiger partial charge in [-0.3, -0.25) is 0 Å². The summed E-state index contributed by atoms with van der Waals surface area (Å²) in [5.74, 6) is 0.830. The molecule has 0 aliphatic heterocycles. The number of nitrogen functional groups attached to an aromatic ring is 1. The minimum Gasteiger partial charge on any atom is -0.368 e. The minimum atomic E-state index is 0.312. The molecule has 0 saturated carbocycles. The van der Waals surface area contributed by atoms with Gasteiger partial charge in [0.15, 0.2) is 0 Å². The first kappa shape index (κ1) is 14.8. The van der Waals surface area contributed by atoms with Gasteiger partial charge in [0, 0.05) is 21.7 Å². The number of benzene rings is 2. The van der Waals surface area contributed by atoms with Crippen LogP contribution in [0.15, 0.2) is 42.5 Å². The molecule has 4 heteroatoms. The van der Waals surface area contributed by atoms with Gasteiger partial charge in [-0.2, -0.15) is 0 Å². The quantitative estimate of drug-likeness (QED) is 0.760. The summed E-state index contributed by atoms with van der Waals surface area (Å²) in [7, 11) is 0. The van der Waals surface area contributed by atoms with Crippen LogP contribution in [0.25, 0.3) is 22.0 Å². The Bertz CT molecular complexity index is 828. The van der Waals surface area contributed by atoms with Gasteiger partial charge < -0.3 is 5.73 Å². The van der Waals surface area contributed by atoms with Crippen molar-refractivity contribution >= 4 is 28.3 Å². The van der Waals surface area contributed by atoms with Gasteiger partial charge in [0.05, 0.1) is 5.69 Å². The van der Waals surface area contributed by atoms with Crippen LogP contribution < -0.4 is 5.73 Å². The largest absolute Gasteiger partial charge is 0.368 e. The van der Waals surface area contributed by atoms with Gasteiger partial charge in [0.25, 0.3) is 0 Å². The van der Waals surface area contributed by atoms with E-state index in [1.165, 1.54) is 0 Å². The summed E-state index contributed by atoms with van der Waals surface area (Å²) in [6.07, 6.45) is 0.880. The van der Waals surface area contributed by atoms with Crippen LogP contribution in [0.3, 0.4) is 0 Å². The van der Waals surface area contributed by atoms with Gasteiger partial charge in [-0.05, 0) is 29.9 Å². The lowest BCUT2D eigenvalue weighted by Crippen LogP contribution is -2.04. The standard InChI is InChI=1S/C18H18ClN3/c1-11(2)9-12-10-17(22-18(20)21-12)15-7-8-16(19)14-6-4-3-5-13(14)15/h3-8,10-11H,9H2,1-2H3,(H2,20,21,22). The highest BCUT2D eigenvalue weighted by atomic mass is 35.5. The Morgan fingerprint density at radius 2 is 1.77 bits per heavy atom. The van der Waals surface area contributed by atoms with Crippen LogP contribution in [0.4, 0.5) is 5.95 Å². The fourth-order valence-electron chi connectivity index (χ4n) is 2.66. The molecule has 0 spiro atoms. The Labute approximate surface area is 135 Å². The van der Waals surface area contributed by atoms with Crippen LogP contribution in [0.2, 0.25) is 5.02 Å². The molecule has 0 unspecified atom stereocenters. The van der Waals surface area contributed by atoms with Crippen LogP contribution in [-0.2, 0) is 6.42 Å². The van der Waals surface area contributed by atoms with E-state index in [1.807, 2.05) is 36.4 Å². The number of aromatic nitrogens is 2. The summed E-state index contributed by atoms with van der Waals surface area (Å²) in [4.78, 5) is 8.75. The normalized spacial score (nSPS) is 11.3. The molecule has 0 bridgehead atoms. The summed E-state index contributed by atoms with van der Waals surface area (Å²) >= 11 is 6.29. The highest BCUT2D eigenvalue weighted by Gasteiger charge is 2.11. The predicted octanol–water partition coefficient (Wildman–Crippen LogP) is 4.73. The summed E-state index contributed by atoms with van der Waals surface area (Å²) in [6.45, 7) is 4.32. The van der Waals surface area contributed by atoms with Crippen LogP contribution in [0.5, 0.6) is 0 Å². The molecule has 0 aliphatic carbocycles. The molecule has 0 fully saturated rings. The van der Waals surface area contributed by atoms with E-state index in [4.69, 9.17) is 17.3 Å². The van der Waals surface area contributed by atoms with E-state index in [-0.39, 0.29) is 0 Å². The number of hydrogen-bond acceptors (Lipinski definition) is 3. The van der Waals surface area contributed by atoms with Crippen molar-refractivity contribution in [1.29, 1.82) is 0 Å². The molecular formula is C18H18ClN3. The van der Waals surface area contributed by atoms with Gasteiger partial charge in [-0.15, -0.1) is 0 Å². The second-order valence-corrected chi connectivity index (χ2v) is 6.25. The molecule has 3 aromatic rings. The number of fused-ring (bicyclic) bond motifs is 1. The summed E-state index contributed by atoms with van der Waals surface area (Å²) in [5.41, 5.74) is 8.74. The molecule has 112 valence electrons. The van der Waals surface area contributed by atoms with Crippen molar-refractivity contribution in [2.45, 2.75) is 20.3 Å². The lowest BCUT2D eigenvalue weighted by Gasteiger charge is -2.11. The van der Waals surface area contributed by atoms with Crippen LogP contribution in [-0.4, -0.2) is 9.97 Å². The second kappa shape index (κ2) is 5.93. The number of nitrogens with zero attached hydrogens (tertiary/aromatic N) is 2. The molecule has 2 N–H and O–H groups in total. The summed E-state index contributed by atoms with van der Waals surface area (Å²) in [5, 5.41) is 2.83. The monoisotopic (exact) mass is 311 g/mol. The third-order valence-electron chi connectivity index (χ3n) is 3.56. The summed E-state index contributed by atoms with van der Waals surface area (Å²) in [6, 6.07) is 14.0. The molecule has 22 heavy (non-hydrogen) atoms. The number of nitrogens with two attached hydrogens (primary N) is 1. The van der Waals surface area contributed by atoms with E-state index in [0.29, 0.717) is 11.9 Å². The zero-order valence-corrected chi connectivity index (χ0v) is 13.4. The second-order valence-electron chi connectivity index (χ2n) is 5.84. The highest BCUT2D eigenvalue weighted by molar-refractivity contribution is 6.36. The van der Waals surface area contributed by atoms with Gasteiger partial charge >= 0.3 is 0 Å². The first-order valence-electron chi connectivity index (χ1n) is 7.35. The van der Waals surface area contributed by atoms with Gasteiger partial charge in [0.1, 0.15) is 0 Å². The van der Waals surface area contributed by atoms with Crippen molar-refractivity contribution in [1.82, 2.24) is 9.97 Å². The minimum absolute atomic E-state index is 0.312. The van der Waals surface area contributed by atoms with Crippen molar-refractivity contribution in [2.75, 3.05) is 5.73 Å². The maximum absolute atomic E-state index is 6.29. The predicted molar refractivity (Wildman–Crippen MR) is 92.9 cm³/mol. The molecule has 0 radical (unpaired) electrons. The van der Waals surface area contributed by atoms with Crippen molar-refractivity contribution in [3.05, 3.63) is 53.2 Å². The maximum Gasteiger partial charge on any atom is 0.220 e. The van der Waals surface area contributed by atoms with E-state index in [0.717, 1.165) is 39.2 Å². The number of rotatable bonds is 3. The van der Waals surface area contributed by atoms with Crippen molar-refractivity contribution < 1.29 is 0 Å². The Balaban J connectivity index is 2.19. The zero-order chi connectivity index (χ0) is 15.7. The van der Waals surface area contributed by atoms with Crippen LogP contribution in [0.1, 0.15) is 19.5 Å². The molecule has 0 aliphatic rings. The van der Waals surface area contributed by atoms with E-state index in [2.05, 4.69) is 29.9 Å². The van der Waals surface area contributed by atoms with Gasteiger partial charge in [-0.25, -0.2) is 9.97 Å². The molecule has 0 atom stereocenters. The molecular weight excluding hydrogens is 294 g/mol. The Kier molecular flexibility index (Phi) is 3.99. The molecule has 1 heterocycles. The zero-order valence-electron chi connectivity index (χ0n) is 12.7. The Morgan fingerprint density at radius 1 is 1.05 bits per heavy atom. The van der Waals surface area contributed by atoms with Gasteiger partial charge in [-0.1, -0.05) is 55.8 Å². The van der Waals surface area contributed by atoms with Crippen molar-refractivity contribution in [3.8, 4) is 11.3 Å². The van der Waals surface area contributed by atoms with E-state index in [1.54, 1.807) is 0 Å². The molecule has 0 amide bonds. The number of anilines is 1. The number of hydrogen-bond donors (Lipinski definition) is 1. The third kappa shape index (κ3) is 2.90. The third-order valence-corrected chi connectivity index (χ3v) is 3.89. The summed E-state index contributed by atoms with van der Waals surface area (Å²) < 4.78 is 0. The first-order valence-corrected chi connectivity index (χ1v) is 7.73. The fraction of sp³-hybridized carbons (Fsp3) is 0.222. The fourth-order valence-corrected chi connectivity index (χ4v) is 2.89. The topological polar surface area (TPSA) is 51.8 Å². The maximum atomic E-state index is 6.29. The van der Waals surface area contributed by atoms with Gasteiger partial charge in [0.2, 0.25) is 5.95 Å². The van der Waals surface area contributed by atoms with Crippen molar-refractivity contribution in [3.63, 3.8) is 0 Å².